The molecule has 0 saturated heterocycles. The Balaban J connectivity index is 2.29. The lowest BCUT2D eigenvalue weighted by atomic mass is 10.3. The van der Waals surface area contributed by atoms with Crippen LogP contribution in [0.2, 0.25) is 5.15 Å². The molecule has 1 aromatic carbocycles. The largest absolute Gasteiger partial charge is 0.229 e. The smallest absolute Gasteiger partial charge is 0.136 e. The van der Waals surface area contributed by atoms with Crippen molar-refractivity contribution in [3.05, 3.63) is 45.8 Å². The van der Waals surface area contributed by atoms with E-state index in [4.69, 9.17) is 11.6 Å². The Bertz CT molecular complexity index is 516. The second-order valence-electron chi connectivity index (χ2n) is 3.36. The second kappa shape index (κ2) is 5.85. The highest BCUT2D eigenvalue weighted by Gasteiger charge is 2.09. The van der Waals surface area contributed by atoms with E-state index in [0.717, 1.165) is 26.4 Å². The van der Waals surface area contributed by atoms with Gasteiger partial charge in [-0.15, -0.1) is 0 Å². The third-order valence-corrected chi connectivity index (χ3v) is 4.14. The van der Waals surface area contributed by atoms with Crippen molar-refractivity contribution < 1.29 is 0 Å². The van der Waals surface area contributed by atoms with E-state index in [0.29, 0.717) is 5.15 Å². The van der Waals surface area contributed by atoms with Crippen LogP contribution in [-0.2, 0) is 6.42 Å². The fraction of sp³-hybridized carbons (Fsp3) is 0.167. The zero-order valence-corrected chi connectivity index (χ0v) is 12.3. The average Bonchev–Trinajstić information content (AvgIpc) is 2.32. The Morgan fingerprint density at radius 1 is 1.24 bits per heavy atom. The van der Waals surface area contributed by atoms with Gasteiger partial charge in [0.25, 0.3) is 0 Å². The third-order valence-electron chi connectivity index (χ3n) is 2.23. The number of benzene rings is 1. The molecule has 2 aromatic rings. The molecule has 0 saturated carbocycles. The van der Waals surface area contributed by atoms with Gasteiger partial charge in [0.1, 0.15) is 16.5 Å². The maximum absolute atomic E-state index is 6.05. The van der Waals surface area contributed by atoms with Crippen molar-refractivity contribution in [3.63, 3.8) is 0 Å². The molecule has 1 aromatic heterocycles. The first-order valence-electron chi connectivity index (χ1n) is 5.13. The van der Waals surface area contributed by atoms with Crippen LogP contribution < -0.4 is 0 Å². The summed E-state index contributed by atoms with van der Waals surface area (Å²) in [7, 11) is 0. The van der Waals surface area contributed by atoms with E-state index in [1.807, 2.05) is 24.3 Å². The standard InChI is InChI=1S/C12H10BrClN2S/c1-2-10-11(14)15-7-16-12(10)17-9-5-3-8(13)4-6-9/h3-7H,2H2,1H3. The van der Waals surface area contributed by atoms with Crippen LogP contribution in [-0.4, -0.2) is 9.97 Å². The van der Waals surface area contributed by atoms with Gasteiger partial charge >= 0.3 is 0 Å². The van der Waals surface area contributed by atoms with Crippen LogP contribution in [0.4, 0.5) is 0 Å². The van der Waals surface area contributed by atoms with Crippen molar-refractivity contribution in [1.82, 2.24) is 9.97 Å². The molecule has 0 bridgehead atoms. The fourth-order valence-corrected chi connectivity index (χ4v) is 2.92. The Labute approximate surface area is 118 Å². The molecule has 5 heteroatoms. The van der Waals surface area contributed by atoms with E-state index in [1.165, 1.54) is 6.33 Å². The molecule has 0 aliphatic carbocycles. The first-order chi connectivity index (χ1) is 8.20. The fourth-order valence-electron chi connectivity index (χ4n) is 1.38. The van der Waals surface area contributed by atoms with Gasteiger partial charge in [0.05, 0.1) is 0 Å². The van der Waals surface area contributed by atoms with Crippen LogP contribution >= 0.6 is 39.3 Å². The number of rotatable bonds is 3. The summed E-state index contributed by atoms with van der Waals surface area (Å²) in [6, 6.07) is 8.11. The summed E-state index contributed by atoms with van der Waals surface area (Å²) in [5, 5.41) is 1.47. The second-order valence-corrected chi connectivity index (χ2v) is 5.69. The predicted octanol–water partition coefficient (Wildman–Crippen LogP) is 4.61. The lowest BCUT2D eigenvalue weighted by Crippen LogP contribution is -1.93. The van der Waals surface area contributed by atoms with Gasteiger partial charge in [0, 0.05) is 14.9 Å². The maximum Gasteiger partial charge on any atom is 0.136 e. The molecule has 17 heavy (non-hydrogen) atoms. The van der Waals surface area contributed by atoms with Crippen molar-refractivity contribution >= 4 is 39.3 Å². The lowest BCUT2D eigenvalue weighted by Gasteiger charge is -2.07. The number of halogens is 2. The quantitative estimate of drug-likeness (QED) is 0.769. The molecule has 1 heterocycles. The molecular weight excluding hydrogens is 320 g/mol. The van der Waals surface area contributed by atoms with Crippen molar-refractivity contribution in [2.24, 2.45) is 0 Å². The molecule has 2 rings (SSSR count). The first-order valence-corrected chi connectivity index (χ1v) is 7.12. The molecule has 0 unspecified atom stereocenters. The normalized spacial score (nSPS) is 10.5. The Kier molecular flexibility index (Phi) is 4.42. The van der Waals surface area contributed by atoms with Gasteiger partial charge in [-0.25, -0.2) is 9.97 Å². The highest BCUT2D eigenvalue weighted by Crippen LogP contribution is 2.31. The number of hydrogen-bond acceptors (Lipinski definition) is 3. The van der Waals surface area contributed by atoms with Gasteiger partial charge in [-0.1, -0.05) is 46.2 Å². The van der Waals surface area contributed by atoms with E-state index >= 15 is 0 Å². The van der Waals surface area contributed by atoms with Gasteiger partial charge in [-0.2, -0.15) is 0 Å². The van der Waals surface area contributed by atoms with E-state index in [1.54, 1.807) is 11.8 Å². The van der Waals surface area contributed by atoms with Gasteiger partial charge in [0.2, 0.25) is 0 Å². The van der Waals surface area contributed by atoms with E-state index in [9.17, 15) is 0 Å². The monoisotopic (exact) mass is 328 g/mol. The highest BCUT2D eigenvalue weighted by atomic mass is 79.9. The summed E-state index contributed by atoms with van der Waals surface area (Å²) >= 11 is 11.1. The molecule has 88 valence electrons. The Hall–Kier alpha value is -0.580. The molecule has 0 amide bonds. The summed E-state index contributed by atoms with van der Waals surface area (Å²) in [6.45, 7) is 2.05. The lowest BCUT2D eigenvalue weighted by molar-refractivity contribution is 0.944. The van der Waals surface area contributed by atoms with Crippen molar-refractivity contribution in [1.29, 1.82) is 0 Å². The van der Waals surface area contributed by atoms with Crippen molar-refractivity contribution in [2.45, 2.75) is 23.3 Å². The predicted molar refractivity (Wildman–Crippen MR) is 74.7 cm³/mol. The molecule has 0 aliphatic rings. The minimum Gasteiger partial charge on any atom is -0.229 e. The van der Waals surface area contributed by atoms with E-state index in [-0.39, 0.29) is 0 Å². The summed E-state index contributed by atoms with van der Waals surface area (Å²) in [5.41, 5.74) is 1.00. The van der Waals surface area contributed by atoms with Crippen LogP contribution in [0.3, 0.4) is 0 Å². The van der Waals surface area contributed by atoms with Crippen LogP contribution in [0, 0.1) is 0 Å². The minimum atomic E-state index is 0.544. The molecule has 0 fully saturated rings. The molecule has 0 atom stereocenters. The summed E-state index contributed by atoms with van der Waals surface area (Å²) in [4.78, 5) is 9.42. The summed E-state index contributed by atoms with van der Waals surface area (Å²) in [6.07, 6.45) is 2.33. The zero-order chi connectivity index (χ0) is 12.3. The van der Waals surface area contributed by atoms with E-state index < -0.39 is 0 Å². The van der Waals surface area contributed by atoms with E-state index in [2.05, 4.69) is 32.8 Å². The van der Waals surface area contributed by atoms with Crippen molar-refractivity contribution in [2.75, 3.05) is 0 Å². The van der Waals surface area contributed by atoms with Crippen LogP contribution in [0.25, 0.3) is 0 Å². The molecule has 0 aliphatic heterocycles. The zero-order valence-electron chi connectivity index (χ0n) is 9.15. The topological polar surface area (TPSA) is 25.8 Å². The molecule has 2 nitrogen and oxygen atoms in total. The number of nitrogens with zero attached hydrogens (tertiary/aromatic N) is 2. The summed E-state index contributed by atoms with van der Waals surface area (Å²) < 4.78 is 1.07. The molecule has 0 N–H and O–H groups in total. The number of aromatic nitrogens is 2. The number of hydrogen-bond donors (Lipinski definition) is 0. The minimum absolute atomic E-state index is 0.544. The maximum atomic E-state index is 6.05. The highest BCUT2D eigenvalue weighted by molar-refractivity contribution is 9.10. The Morgan fingerprint density at radius 3 is 2.59 bits per heavy atom. The SMILES string of the molecule is CCc1c(Cl)ncnc1Sc1ccc(Br)cc1. The van der Waals surface area contributed by atoms with Crippen LogP contribution in [0.1, 0.15) is 12.5 Å². The van der Waals surface area contributed by atoms with Crippen molar-refractivity contribution in [3.8, 4) is 0 Å². The van der Waals surface area contributed by atoms with Crippen LogP contribution in [0.15, 0.2) is 45.0 Å². The Morgan fingerprint density at radius 2 is 1.94 bits per heavy atom. The molecular formula is C12H10BrClN2S. The molecule has 0 radical (unpaired) electrons. The summed E-state index contributed by atoms with van der Waals surface area (Å²) in [5.74, 6) is 0. The van der Waals surface area contributed by atoms with Crippen LogP contribution in [0.5, 0.6) is 0 Å². The third kappa shape index (κ3) is 3.21. The van der Waals surface area contributed by atoms with Gasteiger partial charge in [0.15, 0.2) is 0 Å². The first kappa shape index (κ1) is 12.9. The average molecular weight is 330 g/mol. The van der Waals surface area contributed by atoms with Gasteiger partial charge < -0.3 is 0 Å². The van der Waals surface area contributed by atoms with Gasteiger partial charge in [-0.05, 0) is 30.7 Å². The molecule has 0 spiro atoms. The van der Waals surface area contributed by atoms with Gasteiger partial charge in [-0.3, -0.25) is 0 Å².